The van der Waals surface area contributed by atoms with Gasteiger partial charge in [0.25, 0.3) is 5.91 Å². The summed E-state index contributed by atoms with van der Waals surface area (Å²) in [5.41, 5.74) is 6.09. The monoisotopic (exact) mass is 282 g/mol. The lowest BCUT2D eigenvalue weighted by atomic mass is 10.1. The van der Waals surface area contributed by atoms with Crippen molar-refractivity contribution in [3.63, 3.8) is 0 Å². The smallest absolute Gasteiger partial charge is 0.269 e. The van der Waals surface area contributed by atoms with Gasteiger partial charge in [-0.2, -0.15) is 0 Å². The highest BCUT2D eigenvalue weighted by Gasteiger charge is 2.29. The fourth-order valence-corrected chi connectivity index (χ4v) is 1.74. The minimum atomic E-state index is -0.326. The van der Waals surface area contributed by atoms with Crippen molar-refractivity contribution in [1.29, 1.82) is 0 Å². The molecule has 1 aliphatic carbocycles. The summed E-state index contributed by atoms with van der Waals surface area (Å²) in [5.74, 6) is -0.375. The van der Waals surface area contributed by atoms with Crippen LogP contribution in [0.3, 0.4) is 0 Å². The molecule has 0 radical (unpaired) electrons. The fraction of sp³-hybridized carbons (Fsp3) is 0.429. The highest BCUT2D eigenvalue weighted by Crippen LogP contribution is 2.28. The number of rotatable bonds is 2. The molecule has 0 saturated heterocycles. The van der Waals surface area contributed by atoms with Crippen LogP contribution in [-0.2, 0) is 4.79 Å². The van der Waals surface area contributed by atoms with Crippen molar-refractivity contribution in [1.82, 2.24) is 10.9 Å². The quantitative estimate of drug-likeness (QED) is 0.820. The highest BCUT2D eigenvalue weighted by atomic mass is 35.5. The summed E-state index contributed by atoms with van der Waals surface area (Å²) in [6.07, 6.45) is 1.81. The molecule has 0 unspecified atom stereocenters. The Labute approximate surface area is 118 Å². The molecule has 1 fully saturated rings. The third-order valence-electron chi connectivity index (χ3n) is 2.68. The number of carbonyl (C=O) groups excluding carboxylic acids is 2. The van der Waals surface area contributed by atoms with Crippen molar-refractivity contribution in [2.75, 3.05) is 0 Å². The maximum absolute atomic E-state index is 11.8. The van der Waals surface area contributed by atoms with Crippen LogP contribution in [0, 0.1) is 12.8 Å². The number of aryl methyl sites for hydroxylation is 1. The zero-order valence-corrected chi connectivity index (χ0v) is 12.2. The number of hydrazine groups is 1. The van der Waals surface area contributed by atoms with Gasteiger partial charge in [0.15, 0.2) is 0 Å². The summed E-state index contributed by atoms with van der Waals surface area (Å²) >= 11 is 5.80. The second kappa shape index (κ2) is 7.14. The van der Waals surface area contributed by atoms with Gasteiger partial charge in [-0.1, -0.05) is 25.4 Å². The lowest BCUT2D eigenvalue weighted by Gasteiger charge is -2.08. The Bertz CT molecular complexity index is 471. The van der Waals surface area contributed by atoms with E-state index in [0.29, 0.717) is 10.6 Å². The summed E-state index contributed by atoms with van der Waals surface area (Å²) in [7, 11) is 0. The second-order valence-electron chi connectivity index (χ2n) is 4.18. The van der Waals surface area contributed by atoms with Crippen LogP contribution >= 0.6 is 11.6 Å². The Balaban J connectivity index is 0.000000861. The first-order valence-electron chi connectivity index (χ1n) is 6.44. The SMILES string of the molecule is CC.Cc1cc(Cl)ccc1C(=O)NNC(=O)C1CC1. The fourth-order valence-electron chi connectivity index (χ4n) is 1.52. The van der Waals surface area contributed by atoms with Gasteiger partial charge >= 0.3 is 0 Å². The van der Waals surface area contributed by atoms with Crippen molar-refractivity contribution < 1.29 is 9.59 Å². The van der Waals surface area contributed by atoms with Crippen molar-refractivity contribution in [3.05, 3.63) is 34.3 Å². The number of nitrogens with one attached hydrogen (secondary N) is 2. The van der Waals surface area contributed by atoms with Gasteiger partial charge in [0.05, 0.1) is 0 Å². The highest BCUT2D eigenvalue weighted by molar-refractivity contribution is 6.30. The number of amides is 2. The maximum Gasteiger partial charge on any atom is 0.269 e. The van der Waals surface area contributed by atoms with Gasteiger partial charge in [0.1, 0.15) is 0 Å². The first-order valence-corrected chi connectivity index (χ1v) is 6.82. The zero-order valence-electron chi connectivity index (χ0n) is 11.4. The molecule has 4 nitrogen and oxygen atoms in total. The third-order valence-corrected chi connectivity index (χ3v) is 2.92. The average Bonchev–Trinajstić information content (AvgIpc) is 3.22. The van der Waals surface area contributed by atoms with Crippen molar-refractivity contribution in [2.24, 2.45) is 5.92 Å². The van der Waals surface area contributed by atoms with E-state index in [1.54, 1.807) is 25.1 Å². The second-order valence-corrected chi connectivity index (χ2v) is 4.61. The van der Waals surface area contributed by atoms with Crippen molar-refractivity contribution >= 4 is 23.4 Å². The largest absolute Gasteiger partial charge is 0.273 e. The molecule has 0 aliphatic heterocycles. The van der Waals surface area contributed by atoms with E-state index in [1.165, 1.54) is 0 Å². The first kappa shape index (κ1) is 15.5. The Kier molecular flexibility index (Phi) is 5.83. The molecule has 2 N–H and O–H groups in total. The summed E-state index contributed by atoms with van der Waals surface area (Å²) in [6.45, 7) is 5.80. The van der Waals surface area contributed by atoms with Gasteiger partial charge in [0.2, 0.25) is 5.91 Å². The molecule has 2 rings (SSSR count). The predicted molar refractivity (Wildman–Crippen MR) is 75.9 cm³/mol. The van der Waals surface area contributed by atoms with Crippen molar-refractivity contribution in [2.45, 2.75) is 33.6 Å². The lowest BCUT2D eigenvalue weighted by molar-refractivity contribution is -0.123. The minimum Gasteiger partial charge on any atom is -0.273 e. The van der Waals surface area contributed by atoms with Gasteiger partial charge in [0, 0.05) is 16.5 Å². The van der Waals surface area contributed by atoms with Crippen LogP contribution in [0.4, 0.5) is 0 Å². The molecule has 0 spiro atoms. The molecule has 0 atom stereocenters. The molecule has 1 saturated carbocycles. The van der Waals surface area contributed by atoms with E-state index in [9.17, 15) is 9.59 Å². The summed E-state index contributed by atoms with van der Waals surface area (Å²) < 4.78 is 0. The van der Waals surface area contributed by atoms with Crippen molar-refractivity contribution in [3.8, 4) is 0 Å². The van der Waals surface area contributed by atoms with Crippen LogP contribution in [0.5, 0.6) is 0 Å². The topological polar surface area (TPSA) is 58.2 Å². The Morgan fingerprint density at radius 3 is 2.37 bits per heavy atom. The normalized spacial score (nSPS) is 13.1. The minimum absolute atomic E-state index is 0.0709. The van der Waals surface area contributed by atoms with Gasteiger partial charge in [-0.3, -0.25) is 20.4 Å². The molecule has 19 heavy (non-hydrogen) atoms. The van der Waals surface area contributed by atoms with Crippen LogP contribution in [0.15, 0.2) is 18.2 Å². The molecule has 2 amide bonds. The maximum atomic E-state index is 11.8. The van der Waals surface area contributed by atoms with Crippen LogP contribution in [0.1, 0.15) is 42.6 Å². The first-order chi connectivity index (χ1) is 9.08. The van der Waals surface area contributed by atoms with Crippen LogP contribution in [0.25, 0.3) is 0 Å². The number of hydrogen-bond donors (Lipinski definition) is 2. The molecule has 1 aromatic carbocycles. The average molecular weight is 283 g/mol. The Morgan fingerprint density at radius 1 is 1.21 bits per heavy atom. The van der Waals surface area contributed by atoms with Gasteiger partial charge in [-0.05, 0) is 43.5 Å². The van der Waals surface area contributed by atoms with E-state index >= 15 is 0 Å². The molecule has 1 aromatic rings. The summed E-state index contributed by atoms with van der Waals surface area (Å²) in [5, 5.41) is 0.584. The predicted octanol–water partition coefficient (Wildman–Crippen LogP) is 2.85. The molecule has 0 aromatic heterocycles. The molecular weight excluding hydrogens is 264 g/mol. The lowest BCUT2D eigenvalue weighted by Crippen LogP contribution is -2.42. The van der Waals surface area contributed by atoms with Gasteiger partial charge < -0.3 is 0 Å². The Hall–Kier alpha value is -1.55. The van der Waals surface area contributed by atoms with Crippen LogP contribution in [-0.4, -0.2) is 11.8 Å². The molecule has 0 bridgehead atoms. The van der Waals surface area contributed by atoms with E-state index in [1.807, 2.05) is 13.8 Å². The van der Waals surface area contributed by atoms with Gasteiger partial charge in [-0.25, -0.2) is 0 Å². The molecule has 1 aliphatic rings. The molecule has 104 valence electrons. The van der Waals surface area contributed by atoms with E-state index in [4.69, 9.17) is 11.6 Å². The number of halogens is 1. The number of carbonyl (C=O) groups is 2. The molecule has 0 heterocycles. The van der Waals surface area contributed by atoms with Crippen LogP contribution < -0.4 is 10.9 Å². The number of hydrogen-bond acceptors (Lipinski definition) is 2. The zero-order chi connectivity index (χ0) is 14.4. The summed E-state index contributed by atoms with van der Waals surface area (Å²) in [6, 6.07) is 4.99. The van der Waals surface area contributed by atoms with E-state index in [2.05, 4.69) is 10.9 Å². The van der Waals surface area contributed by atoms with E-state index in [0.717, 1.165) is 18.4 Å². The molecular formula is C14H19ClN2O2. The van der Waals surface area contributed by atoms with Crippen LogP contribution in [0.2, 0.25) is 5.02 Å². The number of benzene rings is 1. The Morgan fingerprint density at radius 2 is 1.84 bits per heavy atom. The molecule has 5 heteroatoms. The van der Waals surface area contributed by atoms with Gasteiger partial charge in [-0.15, -0.1) is 0 Å². The standard InChI is InChI=1S/C12H13ClN2O2.C2H6/c1-7-6-9(13)4-5-10(7)12(17)15-14-11(16)8-2-3-8;1-2/h4-6,8H,2-3H2,1H3,(H,14,16)(H,15,17);1-2H3. The van der Waals surface area contributed by atoms with E-state index < -0.39 is 0 Å². The van der Waals surface area contributed by atoms with E-state index in [-0.39, 0.29) is 17.7 Å². The third kappa shape index (κ3) is 4.56. The summed E-state index contributed by atoms with van der Waals surface area (Å²) in [4.78, 5) is 23.1.